The van der Waals surface area contributed by atoms with Crippen molar-refractivity contribution in [2.45, 2.75) is 13.5 Å². The van der Waals surface area contributed by atoms with Gasteiger partial charge in [-0.1, -0.05) is 18.2 Å². The third kappa shape index (κ3) is 5.28. The van der Waals surface area contributed by atoms with Crippen LogP contribution in [0.1, 0.15) is 10.6 Å². The summed E-state index contributed by atoms with van der Waals surface area (Å²) in [6.45, 7) is 1.45. The number of anilines is 1. The number of nitrogens with zero attached hydrogens (tertiary/aromatic N) is 1. The minimum atomic E-state index is -0.618. The summed E-state index contributed by atoms with van der Waals surface area (Å²) in [5, 5.41) is 3.44. The number of thiazole rings is 1. The number of methoxy groups -OCH3 is 1. The zero-order chi connectivity index (χ0) is 19.9. The number of benzene rings is 2. The van der Waals surface area contributed by atoms with Crippen molar-refractivity contribution in [3.8, 4) is 5.75 Å². The molecule has 0 fully saturated rings. The Morgan fingerprint density at radius 1 is 1.14 bits per heavy atom. The van der Waals surface area contributed by atoms with Crippen LogP contribution in [0.15, 0.2) is 42.5 Å². The van der Waals surface area contributed by atoms with Gasteiger partial charge in [0, 0.05) is 0 Å². The van der Waals surface area contributed by atoms with Gasteiger partial charge in [0.15, 0.2) is 6.61 Å². The van der Waals surface area contributed by atoms with E-state index in [-0.39, 0.29) is 13.2 Å². The van der Waals surface area contributed by atoms with Crippen molar-refractivity contribution < 1.29 is 23.8 Å². The van der Waals surface area contributed by atoms with Gasteiger partial charge in [0.2, 0.25) is 0 Å². The van der Waals surface area contributed by atoms with Gasteiger partial charge in [-0.05, 0) is 36.8 Å². The lowest BCUT2D eigenvalue weighted by molar-refractivity contribution is -0.152. The third-order valence-corrected chi connectivity index (χ3v) is 4.79. The fourth-order valence-electron chi connectivity index (χ4n) is 2.50. The van der Waals surface area contributed by atoms with E-state index in [0.717, 1.165) is 20.8 Å². The van der Waals surface area contributed by atoms with E-state index in [1.165, 1.54) is 18.4 Å². The first-order valence-electron chi connectivity index (χ1n) is 8.57. The number of hydrogen-bond acceptors (Lipinski definition) is 7. The summed E-state index contributed by atoms with van der Waals surface area (Å²) in [6, 6.07) is 13.2. The molecule has 0 spiro atoms. The average molecular weight is 400 g/mol. The van der Waals surface area contributed by atoms with Gasteiger partial charge < -0.3 is 19.5 Å². The number of esters is 1. The normalized spacial score (nSPS) is 10.6. The number of amides is 1. The van der Waals surface area contributed by atoms with Crippen LogP contribution < -0.4 is 10.1 Å². The second-order valence-electron chi connectivity index (χ2n) is 5.98. The number of fused-ring (bicyclic) bond motifs is 1. The molecule has 0 radical (unpaired) electrons. The topological polar surface area (TPSA) is 86.8 Å². The van der Waals surface area contributed by atoms with Crippen LogP contribution in [0.25, 0.3) is 10.2 Å². The van der Waals surface area contributed by atoms with Crippen molar-refractivity contribution in [1.29, 1.82) is 0 Å². The van der Waals surface area contributed by atoms with Crippen molar-refractivity contribution >= 4 is 39.1 Å². The number of carbonyl (C=O) groups is 2. The summed E-state index contributed by atoms with van der Waals surface area (Å²) in [6.07, 6.45) is 0. The zero-order valence-electron chi connectivity index (χ0n) is 15.6. The Hall–Kier alpha value is -2.97. The Kier molecular flexibility index (Phi) is 6.57. The average Bonchev–Trinajstić information content (AvgIpc) is 3.09. The lowest BCUT2D eigenvalue weighted by atomic mass is 10.2. The number of rotatable bonds is 8. The van der Waals surface area contributed by atoms with Crippen LogP contribution in [0.4, 0.5) is 5.69 Å². The number of para-hydroxylation sites is 1. The summed E-state index contributed by atoms with van der Waals surface area (Å²) in [7, 11) is 1.52. The Bertz CT molecular complexity index is 953. The fraction of sp³-hybridized carbons (Fsp3) is 0.250. The largest absolute Gasteiger partial charge is 0.495 e. The number of carbonyl (C=O) groups excluding carboxylic acids is 2. The molecular formula is C20H20N2O5S. The molecular weight excluding hydrogens is 380 g/mol. The summed E-state index contributed by atoms with van der Waals surface area (Å²) in [5.41, 5.74) is 2.39. The summed E-state index contributed by atoms with van der Waals surface area (Å²) in [5.74, 6) is -0.541. The van der Waals surface area contributed by atoms with E-state index in [9.17, 15) is 9.59 Å². The highest BCUT2D eigenvalue weighted by Gasteiger charge is 2.12. The van der Waals surface area contributed by atoms with Crippen LogP contribution in [0.2, 0.25) is 0 Å². The standard InChI is InChI=1S/C20H20N2O5S/c1-13-7-8-16(25-2)15(9-13)21-18(23)10-27-20(24)12-26-11-19-22-14-5-3-4-6-17(14)28-19/h3-9H,10-12H2,1-2H3,(H,21,23). The summed E-state index contributed by atoms with van der Waals surface area (Å²) < 4.78 is 16.5. The van der Waals surface area contributed by atoms with Gasteiger partial charge in [-0.3, -0.25) is 4.79 Å². The molecule has 7 nitrogen and oxygen atoms in total. The molecule has 0 aliphatic carbocycles. The highest BCUT2D eigenvalue weighted by Crippen LogP contribution is 2.25. The molecule has 0 saturated heterocycles. The maximum Gasteiger partial charge on any atom is 0.332 e. The van der Waals surface area contributed by atoms with E-state index in [2.05, 4.69) is 10.3 Å². The Labute approximate surface area is 166 Å². The van der Waals surface area contributed by atoms with E-state index in [0.29, 0.717) is 11.4 Å². The smallest absolute Gasteiger partial charge is 0.332 e. The zero-order valence-corrected chi connectivity index (χ0v) is 16.4. The number of aryl methyl sites for hydroxylation is 1. The molecule has 1 N–H and O–H groups in total. The first-order chi connectivity index (χ1) is 13.5. The van der Waals surface area contributed by atoms with Gasteiger partial charge in [-0.2, -0.15) is 0 Å². The quantitative estimate of drug-likeness (QED) is 0.584. The van der Waals surface area contributed by atoms with Crippen molar-refractivity contribution in [1.82, 2.24) is 4.98 Å². The van der Waals surface area contributed by atoms with E-state index in [1.54, 1.807) is 12.1 Å². The van der Waals surface area contributed by atoms with Gasteiger partial charge in [-0.25, -0.2) is 9.78 Å². The van der Waals surface area contributed by atoms with Gasteiger partial charge in [0.05, 0.1) is 29.6 Å². The molecule has 3 aromatic rings. The van der Waals surface area contributed by atoms with E-state index in [4.69, 9.17) is 14.2 Å². The second kappa shape index (κ2) is 9.29. The first-order valence-corrected chi connectivity index (χ1v) is 9.39. The molecule has 3 rings (SSSR count). The van der Waals surface area contributed by atoms with E-state index in [1.807, 2.05) is 37.3 Å². The van der Waals surface area contributed by atoms with Crippen molar-refractivity contribution in [2.75, 3.05) is 25.6 Å². The van der Waals surface area contributed by atoms with Gasteiger partial charge in [0.1, 0.15) is 17.4 Å². The number of aromatic nitrogens is 1. The molecule has 0 unspecified atom stereocenters. The molecule has 1 aromatic heterocycles. The molecule has 1 heterocycles. The maximum atomic E-state index is 12.0. The monoisotopic (exact) mass is 400 g/mol. The van der Waals surface area contributed by atoms with Crippen LogP contribution in [0.3, 0.4) is 0 Å². The fourth-order valence-corrected chi connectivity index (χ4v) is 3.40. The molecule has 0 atom stereocenters. The molecule has 1 amide bonds. The van der Waals surface area contributed by atoms with Gasteiger partial charge >= 0.3 is 5.97 Å². The third-order valence-electron chi connectivity index (χ3n) is 3.78. The Morgan fingerprint density at radius 3 is 2.75 bits per heavy atom. The Balaban J connectivity index is 1.41. The number of hydrogen-bond donors (Lipinski definition) is 1. The minimum Gasteiger partial charge on any atom is -0.495 e. The highest BCUT2D eigenvalue weighted by molar-refractivity contribution is 7.18. The minimum absolute atomic E-state index is 0.209. The predicted molar refractivity (Wildman–Crippen MR) is 107 cm³/mol. The van der Waals surface area contributed by atoms with Crippen LogP contribution >= 0.6 is 11.3 Å². The molecule has 0 saturated carbocycles. The molecule has 0 aliphatic rings. The highest BCUT2D eigenvalue weighted by atomic mass is 32.1. The predicted octanol–water partition coefficient (Wildman–Crippen LogP) is 3.31. The SMILES string of the molecule is COc1ccc(C)cc1NC(=O)COC(=O)COCc1nc2ccccc2s1. The van der Waals surface area contributed by atoms with Gasteiger partial charge in [-0.15, -0.1) is 11.3 Å². The van der Waals surface area contributed by atoms with Crippen molar-refractivity contribution in [2.24, 2.45) is 0 Å². The molecule has 2 aromatic carbocycles. The van der Waals surface area contributed by atoms with Gasteiger partial charge in [0.25, 0.3) is 5.91 Å². The lowest BCUT2D eigenvalue weighted by Gasteiger charge is -2.11. The number of nitrogens with one attached hydrogen (secondary N) is 1. The van der Waals surface area contributed by atoms with Crippen LogP contribution in [-0.2, 0) is 25.7 Å². The van der Waals surface area contributed by atoms with Crippen molar-refractivity contribution in [3.05, 3.63) is 53.0 Å². The summed E-state index contributed by atoms with van der Waals surface area (Å²) >= 11 is 1.51. The molecule has 0 bridgehead atoms. The molecule has 0 aliphatic heterocycles. The second-order valence-corrected chi connectivity index (χ2v) is 7.10. The van der Waals surface area contributed by atoms with E-state index >= 15 is 0 Å². The molecule has 8 heteroatoms. The van der Waals surface area contributed by atoms with Crippen molar-refractivity contribution in [3.63, 3.8) is 0 Å². The molecule has 28 heavy (non-hydrogen) atoms. The van der Waals surface area contributed by atoms with Crippen LogP contribution in [0.5, 0.6) is 5.75 Å². The molecule has 146 valence electrons. The maximum absolute atomic E-state index is 12.0. The van der Waals surface area contributed by atoms with Crippen LogP contribution in [-0.4, -0.2) is 37.2 Å². The lowest BCUT2D eigenvalue weighted by Crippen LogP contribution is -2.23. The van der Waals surface area contributed by atoms with E-state index < -0.39 is 18.5 Å². The first kappa shape index (κ1) is 19.8. The number of ether oxygens (including phenoxy) is 3. The summed E-state index contributed by atoms with van der Waals surface area (Å²) in [4.78, 5) is 28.2. The van der Waals surface area contributed by atoms with Crippen LogP contribution in [0, 0.1) is 6.92 Å². The Morgan fingerprint density at radius 2 is 1.96 bits per heavy atom.